The molecule has 1 fully saturated rings. The van der Waals surface area contributed by atoms with Gasteiger partial charge >= 0.3 is 0 Å². The van der Waals surface area contributed by atoms with Gasteiger partial charge in [-0.25, -0.2) is 18.4 Å². The normalized spacial score (nSPS) is 16.9. The molecule has 1 saturated carbocycles. The molecule has 5 heterocycles. The van der Waals surface area contributed by atoms with Crippen molar-refractivity contribution in [1.82, 2.24) is 29.9 Å². The number of aromatic nitrogens is 6. The highest BCUT2D eigenvalue weighted by molar-refractivity contribution is 5.98. The average Bonchev–Trinajstić information content (AvgIpc) is 3.12. The number of pyridine rings is 2. The van der Waals surface area contributed by atoms with E-state index in [0.29, 0.717) is 52.6 Å². The zero-order chi connectivity index (χ0) is 18.9. The molecule has 0 aromatic carbocycles. The lowest BCUT2D eigenvalue weighted by Gasteiger charge is -2.24. The minimum absolute atomic E-state index is 0.117. The molecule has 1 aliphatic carbocycles. The summed E-state index contributed by atoms with van der Waals surface area (Å²) in [5.41, 5.74) is 2.25. The number of H-pyrrole nitrogens is 1. The standard InChI is InChI=1S/C19H14F2N6O/c20-10-1-2-13(22-5-10)16-15(14-11-6-24-25-17(11)23-7-12(14)21)18-27(26-16)8-19(3-4-19)9-28-18/h1-2,5-7H,3-4,8-9H2,(H,23,24,25). The largest absolute Gasteiger partial charge is 0.477 e. The highest BCUT2D eigenvalue weighted by Gasteiger charge is 2.48. The van der Waals surface area contributed by atoms with Crippen LogP contribution in [0.4, 0.5) is 8.78 Å². The number of halogens is 2. The lowest BCUT2D eigenvalue weighted by molar-refractivity contribution is 0.149. The van der Waals surface area contributed by atoms with Crippen LogP contribution in [-0.4, -0.2) is 36.6 Å². The second-order valence-electron chi connectivity index (χ2n) is 7.45. The Balaban J connectivity index is 1.65. The van der Waals surface area contributed by atoms with Gasteiger partial charge in [0.25, 0.3) is 0 Å². The first-order valence-electron chi connectivity index (χ1n) is 8.97. The van der Waals surface area contributed by atoms with E-state index >= 15 is 0 Å². The molecule has 6 rings (SSSR count). The van der Waals surface area contributed by atoms with Gasteiger partial charge in [0.2, 0.25) is 5.88 Å². The Morgan fingerprint density at radius 3 is 2.75 bits per heavy atom. The third kappa shape index (κ3) is 2.19. The first kappa shape index (κ1) is 15.7. The van der Waals surface area contributed by atoms with Crippen LogP contribution >= 0.6 is 0 Å². The van der Waals surface area contributed by atoms with Crippen molar-refractivity contribution in [2.24, 2.45) is 5.41 Å². The number of nitrogens with one attached hydrogen (secondary N) is 1. The first-order chi connectivity index (χ1) is 13.6. The summed E-state index contributed by atoms with van der Waals surface area (Å²) in [5.74, 6) is -0.468. The number of hydrogen-bond donors (Lipinski definition) is 1. The lowest BCUT2D eigenvalue weighted by Crippen LogP contribution is -2.27. The van der Waals surface area contributed by atoms with Gasteiger partial charge in [0.1, 0.15) is 17.3 Å². The summed E-state index contributed by atoms with van der Waals surface area (Å²) in [6.07, 6.45) is 5.96. The Morgan fingerprint density at radius 1 is 1.07 bits per heavy atom. The molecule has 4 aromatic heterocycles. The van der Waals surface area contributed by atoms with Gasteiger partial charge in [-0.05, 0) is 25.0 Å². The molecule has 1 aliphatic heterocycles. The van der Waals surface area contributed by atoms with Gasteiger partial charge < -0.3 is 4.74 Å². The van der Waals surface area contributed by atoms with E-state index in [-0.39, 0.29) is 5.41 Å². The molecule has 28 heavy (non-hydrogen) atoms. The van der Waals surface area contributed by atoms with Crippen LogP contribution in [0.2, 0.25) is 0 Å². The fraction of sp³-hybridized carbons (Fsp3) is 0.263. The van der Waals surface area contributed by atoms with Crippen LogP contribution < -0.4 is 4.74 Å². The number of aromatic amines is 1. The van der Waals surface area contributed by atoms with E-state index in [1.807, 2.05) is 0 Å². The second kappa shape index (κ2) is 5.34. The number of rotatable bonds is 2. The van der Waals surface area contributed by atoms with Gasteiger partial charge in [-0.3, -0.25) is 10.1 Å². The van der Waals surface area contributed by atoms with Crippen LogP contribution in [0.15, 0.2) is 30.7 Å². The fourth-order valence-corrected chi connectivity index (χ4v) is 3.81. The van der Waals surface area contributed by atoms with E-state index in [0.717, 1.165) is 25.2 Å². The van der Waals surface area contributed by atoms with Gasteiger partial charge in [0.15, 0.2) is 5.65 Å². The SMILES string of the molecule is Fc1ccc(-c2nn3c(c2-c2c(F)cnc4[nH]ncc24)OCC2(CC2)C3)nc1. The lowest BCUT2D eigenvalue weighted by atomic mass is 10.0. The number of ether oxygens (including phenoxy) is 1. The minimum atomic E-state index is -0.511. The second-order valence-corrected chi connectivity index (χ2v) is 7.45. The third-order valence-electron chi connectivity index (χ3n) is 5.52. The van der Waals surface area contributed by atoms with Gasteiger partial charge in [-0.1, -0.05) is 0 Å². The monoisotopic (exact) mass is 380 g/mol. The summed E-state index contributed by atoms with van der Waals surface area (Å²) in [7, 11) is 0. The molecule has 0 radical (unpaired) electrons. The zero-order valence-corrected chi connectivity index (χ0v) is 14.6. The molecule has 0 saturated heterocycles. The topological polar surface area (TPSA) is 81.5 Å². The van der Waals surface area contributed by atoms with Crippen LogP contribution in [0, 0.1) is 17.0 Å². The maximum atomic E-state index is 15.0. The Kier molecular flexibility index (Phi) is 2.99. The Hall–Kier alpha value is -3.36. The van der Waals surface area contributed by atoms with Gasteiger partial charge in [0.05, 0.1) is 43.0 Å². The summed E-state index contributed by atoms with van der Waals surface area (Å²) in [6, 6.07) is 2.84. The molecule has 0 unspecified atom stereocenters. The summed E-state index contributed by atoms with van der Waals surface area (Å²) >= 11 is 0. The molecule has 140 valence electrons. The van der Waals surface area contributed by atoms with E-state index < -0.39 is 11.6 Å². The highest BCUT2D eigenvalue weighted by Crippen LogP contribution is 2.53. The van der Waals surface area contributed by atoms with E-state index in [1.54, 1.807) is 4.68 Å². The molecular weight excluding hydrogens is 366 g/mol. The highest BCUT2D eigenvalue weighted by atomic mass is 19.1. The Bertz CT molecular complexity index is 1230. The fourth-order valence-electron chi connectivity index (χ4n) is 3.81. The molecule has 0 atom stereocenters. The summed E-state index contributed by atoms with van der Waals surface area (Å²) < 4.78 is 36.2. The summed E-state index contributed by atoms with van der Waals surface area (Å²) in [6.45, 7) is 1.28. The number of fused-ring (bicyclic) bond motifs is 2. The van der Waals surface area contributed by atoms with Crippen LogP contribution in [0.1, 0.15) is 12.8 Å². The van der Waals surface area contributed by atoms with Crippen molar-refractivity contribution in [3.8, 4) is 28.4 Å². The van der Waals surface area contributed by atoms with Crippen molar-refractivity contribution < 1.29 is 13.5 Å². The van der Waals surface area contributed by atoms with E-state index in [9.17, 15) is 8.78 Å². The van der Waals surface area contributed by atoms with Crippen LogP contribution in [0.25, 0.3) is 33.5 Å². The first-order valence-corrected chi connectivity index (χ1v) is 8.97. The van der Waals surface area contributed by atoms with Crippen LogP contribution in [0.3, 0.4) is 0 Å². The average molecular weight is 380 g/mol. The molecule has 0 bridgehead atoms. The van der Waals surface area contributed by atoms with Crippen molar-refractivity contribution in [3.05, 3.63) is 42.4 Å². The smallest absolute Gasteiger partial charge is 0.220 e. The molecule has 1 N–H and O–H groups in total. The Morgan fingerprint density at radius 2 is 1.96 bits per heavy atom. The van der Waals surface area contributed by atoms with Crippen molar-refractivity contribution in [3.63, 3.8) is 0 Å². The van der Waals surface area contributed by atoms with E-state index in [2.05, 4.69) is 25.3 Å². The van der Waals surface area contributed by atoms with Crippen LogP contribution in [0.5, 0.6) is 5.88 Å². The summed E-state index contributed by atoms with van der Waals surface area (Å²) in [5, 5.41) is 11.9. The number of nitrogens with zero attached hydrogens (tertiary/aromatic N) is 5. The molecule has 2 aliphatic rings. The predicted molar refractivity (Wildman–Crippen MR) is 95.4 cm³/mol. The predicted octanol–water partition coefficient (Wildman–Crippen LogP) is 3.33. The minimum Gasteiger partial charge on any atom is -0.477 e. The molecule has 4 aromatic rings. The van der Waals surface area contributed by atoms with Gasteiger partial charge in [-0.15, -0.1) is 0 Å². The van der Waals surface area contributed by atoms with Crippen molar-refractivity contribution >= 4 is 11.0 Å². The quantitative estimate of drug-likeness (QED) is 0.577. The Labute approximate surface area is 157 Å². The molecule has 0 amide bonds. The molecule has 1 spiro atoms. The molecular formula is C19H14F2N6O. The number of hydrogen-bond acceptors (Lipinski definition) is 5. The van der Waals surface area contributed by atoms with Crippen molar-refractivity contribution in [2.45, 2.75) is 19.4 Å². The van der Waals surface area contributed by atoms with E-state index in [4.69, 9.17) is 4.74 Å². The van der Waals surface area contributed by atoms with Crippen molar-refractivity contribution in [1.29, 1.82) is 0 Å². The molecule has 7 nitrogen and oxygen atoms in total. The third-order valence-corrected chi connectivity index (χ3v) is 5.52. The van der Waals surface area contributed by atoms with Crippen molar-refractivity contribution in [2.75, 3.05) is 6.61 Å². The van der Waals surface area contributed by atoms with Gasteiger partial charge in [0, 0.05) is 16.4 Å². The van der Waals surface area contributed by atoms with Gasteiger partial charge in [-0.2, -0.15) is 10.2 Å². The molecule has 9 heteroatoms. The van der Waals surface area contributed by atoms with E-state index in [1.165, 1.54) is 18.3 Å². The van der Waals surface area contributed by atoms with Crippen LogP contribution in [-0.2, 0) is 6.54 Å². The maximum Gasteiger partial charge on any atom is 0.220 e. The maximum absolute atomic E-state index is 15.0. The summed E-state index contributed by atoms with van der Waals surface area (Å²) in [4.78, 5) is 8.20. The zero-order valence-electron chi connectivity index (χ0n) is 14.6.